The zero-order valence-electron chi connectivity index (χ0n) is 13.4. The molecule has 23 heavy (non-hydrogen) atoms. The molecule has 0 bridgehead atoms. The Balaban J connectivity index is 1.99. The first-order valence-corrected chi connectivity index (χ1v) is 7.75. The van der Waals surface area contributed by atoms with Gasteiger partial charge in [0.2, 0.25) is 11.8 Å². The van der Waals surface area contributed by atoms with E-state index in [1.54, 1.807) is 29.2 Å². The molecule has 6 heteroatoms. The second-order valence-electron chi connectivity index (χ2n) is 6.06. The van der Waals surface area contributed by atoms with E-state index < -0.39 is 11.9 Å². The third-order valence-corrected chi connectivity index (χ3v) is 4.18. The standard InChI is InChI=1S/C17H22N2O4/c1-11-3-6-14(17(22)23)10-19(11)16(21)9-13-4-7-15(8-5-13)18-12(2)20/h4-5,7-8,11,14H,3,6,9-10H2,1-2H3,(H,18,20)(H,22,23). The fraction of sp³-hybridized carbons (Fsp3) is 0.471. The molecule has 2 unspecified atom stereocenters. The van der Waals surface area contributed by atoms with E-state index in [0.29, 0.717) is 18.5 Å². The highest BCUT2D eigenvalue weighted by Crippen LogP contribution is 2.23. The number of carboxylic acid groups (broad SMARTS) is 1. The molecule has 0 radical (unpaired) electrons. The average Bonchev–Trinajstić information content (AvgIpc) is 2.48. The minimum atomic E-state index is -0.839. The number of rotatable bonds is 4. The fourth-order valence-electron chi connectivity index (χ4n) is 2.84. The van der Waals surface area contributed by atoms with Crippen molar-refractivity contribution in [1.29, 1.82) is 0 Å². The second-order valence-corrected chi connectivity index (χ2v) is 6.06. The molecule has 1 aromatic carbocycles. The molecule has 1 aliphatic heterocycles. The Labute approximate surface area is 135 Å². The van der Waals surface area contributed by atoms with Crippen molar-refractivity contribution in [2.45, 2.75) is 39.2 Å². The highest BCUT2D eigenvalue weighted by atomic mass is 16.4. The number of anilines is 1. The molecule has 1 saturated heterocycles. The van der Waals surface area contributed by atoms with Gasteiger partial charge in [-0.3, -0.25) is 14.4 Å². The van der Waals surface area contributed by atoms with Crippen LogP contribution in [0.25, 0.3) is 0 Å². The SMILES string of the molecule is CC(=O)Nc1ccc(CC(=O)N2CC(C(=O)O)CCC2C)cc1. The molecule has 1 aliphatic rings. The van der Waals surface area contributed by atoms with Crippen LogP contribution in [0.15, 0.2) is 24.3 Å². The van der Waals surface area contributed by atoms with Crippen molar-refractivity contribution in [3.05, 3.63) is 29.8 Å². The lowest BCUT2D eigenvalue weighted by molar-refractivity contribution is -0.147. The van der Waals surface area contributed by atoms with E-state index in [-0.39, 0.29) is 30.8 Å². The Morgan fingerprint density at radius 2 is 1.87 bits per heavy atom. The van der Waals surface area contributed by atoms with Gasteiger partial charge in [-0.2, -0.15) is 0 Å². The highest BCUT2D eigenvalue weighted by molar-refractivity contribution is 5.88. The highest BCUT2D eigenvalue weighted by Gasteiger charge is 2.32. The number of hydrogen-bond donors (Lipinski definition) is 2. The summed E-state index contributed by atoms with van der Waals surface area (Å²) in [4.78, 5) is 36.3. The van der Waals surface area contributed by atoms with E-state index in [1.165, 1.54) is 6.92 Å². The molecular weight excluding hydrogens is 296 g/mol. The molecule has 0 spiro atoms. The lowest BCUT2D eigenvalue weighted by atomic mass is 9.93. The number of benzene rings is 1. The van der Waals surface area contributed by atoms with E-state index in [2.05, 4.69) is 5.32 Å². The summed E-state index contributed by atoms with van der Waals surface area (Å²) in [5.41, 5.74) is 1.53. The van der Waals surface area contributed by atoms with Crippen LogP contribution in [0.3, 0.4) is 0 Å². The summed E-state index contributed by atoms with van der Waals surface area (Å²) in [5, 5.41) is 11.8. The molecule has 0 aliphatic carbocycles. The molecule has 2 N–H and O–H groups in total. The van der Waals surface area contributed by atoms with E-state index in [1.807, 2.05) is 6.92 Å². The number of aliphatic carboxylic acids is 1. The smallest absolute Gasteiger partial charge is 0.308 e. The molecule has 6 nitrogen and oxygen atoms in total. The first-order valence-electron chi connectivity index (χ1n) is 7.75. The van der Waals surface area contributed by atoms with Crippen molar-refractivity contribution in [2.75, 3.05) is 11.9 Å². The largest absolute Gasteiger partial charge is 0.481 e. The normalized spacial score (nSPS) is 20.9. The molecule has 2 rings (SSSR count). The van der Waals surface area contributed by atoms with Gasteiger partial charge in [-0.05, 0) is 37.5 Å². The number of likely N-dealkylation sites (tertiary alicyclic amines) is 1. The van der Waals surface area contributed by atoms with Crippen molar-refractivity contribution >= 4 is 23.5 Å². The van der Waals surface area contributed by atoms with Crippen LogP contribution in [0.1, 0.15) is 32.3 Å². The van der Waals surface area contributed by atoms with Gasteiger partial charge in [0.15, 0.2) is 0 Å². The maximum absolute atomic E-state index is 12.5. The summed E-state index contributed by atoms with van der Waals surface area (Å²) in [6, 6.07) is 7.17. The maximum atomic E-state index is 12.5. The van der Waals surface area contributed by atoms with Crippen molar-refractivity contribution in [2.24, 2.45) is 5.92 Å². The van der Waals surface area contributed by atoms with E-state index in [4.69, 9.17) is 5.11 Å². The number of nitrogens with one attached hydrogen (secondary N) is 1. The quantitative estimate of drug-likeness (QED) is 0.887. The molecule has 1 fully saturated rings. The number of carbonyl (C=O) groups is 3. The van der Waals surface area contributed by atoms with Crippen LogP contribution in [-0.4, -0.2) is 40.4 Å². The van der Waals surface area contributed by atoms with Crippen LogP contribution in [0.5, 0.6) is 0 Å². The van der Waals surface area contributed by atoms with Crippen molar-refractivity contribution < 1.29 is 19.5 Å². The molecule has 124 valence electrons. The van der Waals surface area contributed by atoms with Gasteiger partial charge in [-0.15, -0.1) is 0 Å². The lowest BCUT2D eigenvalue weighted by Crippen LogP contribution is -2.47. The van der Waals surface area contributed by atoms with Gasteiger partial charge < -0.3 is 15.3 Å². The number of hydrogen-bond acceptors (Lipinski definition) is 3. The predicted molar refractivity (Wildman–Crippen MR) is 86.0 cm³/mol. The van der Waals surface area contributed by atoms with Gasteiger partial charge in [0.25, 0.3) is 0 Å². The molecular formula is C17H22N2O4. The van der Waals surface area contributed by atoms with Crippen LogP contribution in [0.4, 0.5) is 5.69 Å². The van der Waals surface area contributed by atoms with Crippen molar-refractivity contribution in [3.63, 3.8) is 0 Å². The Bertz CT molecular complexity index is 597. The van der Waals surface area contributed by atoms with Gasteiger partial charge in [0.1, 0.15) is 0 Å². The Morgan fingerprint density at radius 3 is 2.43 bits per heavy atom. The number of nitrogens with zero attached hydrogens (tertiary/aromatic N) is 1. The zero-order valence-corrected chi connectivity index (χ0v) is 13.4. The van der Waals surface area contributed by atoms with Crippen LogP contribution < -0.4 is 5.32 Å². The predicted octanol–water partition coefficient (Wildman–Crippen LogP) is 1.90. The molecule has 0 aromatic heterocycles. The maximum Gasteiger partial charge on any atom is 0.308 e. The van der Waals surface area contributed by atoms with E-state index in [0.717, 1.165) is 5.56 Å². The van der Waals surface area contributed by atoms with Crippen molar-refractivity contribution in [1.82, 2.24) is 4.90 Å². The first-order chi connectivity index (χ1) is 10.9. The van der Waals surface area contributed by atoms with Gasteiger partial charge >= 0.3 is 5.97 Å². The molecule has 1 heterocycles. The van der Waals surface area contributed by atoms with Gasteiger partial charge in [0, 0.05) is 25.2 Å². The van der Waals surface area contributed by atoms with Crippen LogP contribution in [-0.2, 0) is 20.8 Å². The van der Waals surface area contributed by atoms with Gasteiger partial charge in [-0.25, -0.2) is 0 Å². The van der Waals surface area contributed by atoms with Crippen LogP contribution in [0, 0.1) is 5.92 Å². The summed E-state index contributed by atoms with van der Waals surface area (Å²) < 4.78 is 0. The minimum Gasteiger partial charge on any atom is -0.481 e. The number of carboxylic acids is 1. The van der Waals surface area contributed by atoms with E-state index >= 15 is 0 Å². The molecule has 1 aromatic rings. The van der Waals surface area contributed by atoms with E-state index in [9.17, 15) is 14.4 Å². The Kier molecular flexibility index (Phi) is 5.36. The van der Waals surface area contributed by atoms with Crippen LogP contribution in [0.2, 0.25) is 0 Å². The lowest BCUT2D eigenvalue weighted by Gasteiger charge is -2.36. The number of carbonyl (C=O) groups excluding carboxylic acids is 2. The second kappa shape index (κ2) is 7.26. The molecule has 0 saturated carbocycles. The fourth-order valence-corrected chi connectivity index (χ4v) is 2.84. The van der Waals surface area contributed by atoms with Gasteiger partial charge in [-0.1, -0.05) is 12.1 Å². The Hall–Kier alpha value is -2.37. The third kappa shape index (κ3) is 4.55. The summed E-state index contributed by atoms with van der Waals surface area (Å²) in [7, 11) is 0. The average molecular weight is 318 g/mol. The summed E-state index contributed by atoms with van der Waals surface area (Å²) in [6.45, 7) is 3.67. The zero-order chi connectivity index (χ0) is 17.0. The first kappa shape index (κ1) is 17.0. The number of piperidine rings is 1. The Morgan fingerprint density at radius 1 is 1.22 bits per heavy atom. The minimum absolute atomic E-state index is 0.0595. The van der Waals surface area contributed by atoms with Crippen molar-refractivity contribution in [3.8, 4) is 0 Å². The van der Waals surface area contributed by atoms with Gasteiger partial charge in [0.05, 0.1) is 12.3 Å². The number of amides is 2. The molecule has 2 amide bonds. The summed E-state index contributed by atoms with van der Waals surface area (Å²) >= 11 is 0. The monoisotopic (exact) mass is 318 g/mol. The topological polar surface area (TPSA) is 86.7 Å². The molecule has 2 atom stereocenters. The summed E-state index contributed by atoms with van der Waals surface area (Å²) in [5.74, 6) is -1.52. The van der Waals surface area contributed by atoms with Crippen LogP contribution >= 0.6 is 0 Å². The third-order valence-electron chi connectivity index (χ3n) is 4.18. The summed E-state index contributed by atoms with van der Waals surface area (Å²) in [6.07, 6.45) is 1.56.